The van der Waals surface area contributed by atoms with Crippen molar-refractivity contribution in [2.75, 3.05) is 27.2 Å². The predicted molar refractivity (Wildman–Crippen MR) is 87.4 cm³/mol. The van der Waals surface area contributed by atoms with E-state index in [1.54, 1.807) is 4.90 Å². The molecule has 0 fully saturated rings. The van der Waals surface area contributed by atoms with E-state index in [-0.39, 0.29) is 11.3 Å². The monoisotopic (exact) mass is 288 g/mol. The molecule has 0 N–H and O–H groups in total. The van der Waals surface area contributed by atoms with E-state index in [9.17, 15) is 4.79 Å². The molecule has 1 amide bonds. The first-order valence-electron chi connectivity index (χ1n) is 7.88. The van der Waals surface area contributed by atoms with Crippen LogP contribution in [0.4, 0.5) is 0 Å². The number of amides is 1. The minimum absolute atomic E-state index is 0.184. The van der Waals surface area contributed by atoms with Gasteiger partial charge in [-0.15, -0.1) is 0 Å². The average molecular weight is 288 g/mol. The zero-order chi connectivity index (χ0) is 15.6. The first-order chi connectivity index (χ1) is 9.83. The molecule has 21 heavy (non-hydrogen) atoms. The van der Waals surface area contributed by atoms with Gasteiger partial charge >= 0.3 is 0 Å². The van der Waals surface area contributed by atoms with Crippen LogP contribution >= 0.6 is 0 Å². The summed E-state index contributed by atoms with van der Waals surface area (Å²) in [7, 11) is 3.64. The van der Waals surface area contributed by atoms with Crippen molar-refractivity contribution in [1.82, 2.24) is 9.80 Å². The highest BCUT2D eigenvalue weighted by atomic mass is 16.2. The summed E-state index contributed by atoms with van der Waals surface area (Å²) in [5, 5.41) is 0. The predicted octanol–water partition coefficient (Wildman–Crippen LogP) is 2.82. The highest BCUT2D eigenvalue weighted by molar-refractivity contribution is 5.77. The number of carbonyl (C=O) groups excluding carboxylic acids is 1. The molecule has 2 rings (SSSR count). The molecule has 0 aliphatic carbocycles. The van der Waals surface area contributed by atoms with E-state index in [0.717, 1.165) is 25.9 Å². The molecule has 0 aromatic heterocycles. The zero-order valence-electron chi connectivity index (χ0n) is 14.1. The third-order valence-electron chi connectivity index (χ3n) is 4.82. The molecular formula is C18H28N2O. The minimum Gasteiger partial charge on any atom is -0.348 e. The van der Waals surface area contributed by atoms with Crippen LogP contribution in [0.3, 0.4) is 0 Å². The summed E-state index contributed by atoms with van der Waals surface area (Å²) >= 11 is 0. The van der Waals surface area contributed by atoms with Gasteiger partial charge in [-0.25, -0.2) is 0 Å². The molecule has 0 radical (unpaired) electrons. The van der Waals surface area contributed by atoms with Gasteiger partial charge in [0, 0.05) is 27.2 Å². The number of hydrogen-bond donors (Lipinski definition) is 0. The van der Waals surface area contributed by atoms with Crippen molar-refractivity contribution in [2.45, 2.75) is 45.6 Å². The van der Waals surface area contributed by atoms with Gasteiger partial charge in [0.15, 0.2) is 0 Å². The molecule has 0 spiro atoms. The lowest BCUT2D eigenvalue weighted by atomic mass is 9.80. The van der Waals surface area contributed by atoms with Crippen LogP contribution in [0.15, 0.2) is 18.2 Å². The molecule has 0 saturated heterocycles. The number of hydrogen-bond acceptors (Lipinski definition) is 2. The fraction of sp³-hybridized carbons (Fsp3) is 0.611. The first-order valence-corrected chi connectivity index (χ1v) is 7.88. The summed E-state index contributed by atoms with van der Waals surface area (Å²) in [5.74, 6) is 0.184. The fourth-order valence-electron chi connectivity index (χ4n) is 2.71. The lowest BCUT2D eigenvalue weighted by molar-refractivity contribution is -0.130. The van der Waals surface area contributed by atoms with Crippen LogP contribution in [0.25, 0.3) is 0 Å². The molecule has 1 aromatic rings. The number of nitrogens with zero attached hydrogens (tertiary/aromatic N) is 2. The summed E-state index contributed by atoms with van der Waals surface area (Å²) < 4.78 is 0. The smallest absolute Gasteiger partial charge is 0.236 e. The van der Waals surface area contributed by atoms with Crippen LogP contribution in [0, 0.1) is 0 Å². The zero-order valence-corrected chi connectivity index (χ0v) is 14.1. The summed E-state index contributed by atoms with van der Waals surface area (Å²) in [6.45, 7) is 9.22. The van der Waals surface area contributed by atoms with E-state index in [2.05, 4.69) is 43.9 Å². The Labute approximate surface area is 128 Å². The van der Waals surface area contributed by atoms with Gasteiger partial charge in [0.25, 0.3) is 0 Å². The summed E-state index contributed by atoms with van der Waals surface area (Å²) in [4.78, 5) is 15.8. The molecule has 0 unspecified atom stereocenters. The molecule has 1 aliphatic rings. The van der Waals surface area contributed by atoms with Gasteiger partial charge in [-0.3, -0.25) is 9.69 Å². The molecule has 1 aromatic carbocycles. The van der Waals surface area contributed by atoms with Crippen molar-refractivity contribution in [1.29, 1.82) is 0 Å². The van der Waals surface area contributed by atoms with E-state index in [1.165, 1.54) is 16.7 Å². The van der Waals surface area contributed by atoms with Crippen LogP contribution < -0.4 is 0 Å². The van der Waals surface area contributed by atoms with Crippen LogP contribution in [0.5, 0.6) is 0 Å². The van der Waals surface area contributed by atoms with Gasteiger partial charge in [0.1, 0.15) is 0 Å². The lowest BCUT2D eigenvalue weighted by Crippen LogP contribution is -2.39. The SMILES string of the molecule is CCC(C)(C)c1ccc2c(c1)CN(CC(=O)N(C)C)CC2. The fourth-order valence-corrected chi connectivity index (χ4v) is 2.71. The number of likely N-dealkylation sites (N-methyl/N-ethyl adjacent to an activating group) is 1. The Morgan fingerprint density at radius 3 is 2.62 bits per heavy atom. The first kappa shape index (κ1) is 16.0. The van der Waals surface area contributed by atoms with E-state index in [4.69, 9.17) is 0 Å². The van der Waals surface area contributed by atoms with E-state index in [1.807, 2.05) is 14.1 Å². The van der Waals surface area contributed by atoms with Gasteiger partial charge < -0.3 is 4.90 Å². The number of fused-ring (bicyclic) bond motifs is 1. The molecule has 0 atom stereocenters. The van der Waals surface area contributed by atoms with E-state index >= 15 is 0 Å². The normalized spacial score (nSPS) is 15.7. The third kappa shape index (κ3) is 3.65. The summed E-state index contributed by atoms with van der Waals surface area (Å²) in [6.07, 6.45) is 2.18. The number of benzene rings is 1. The molecule has 116 valence electrons. The Bertz CT molecular complexity index is 520. The molecule has 1 heterocycles. The van der Waals surface area contributed by atoms with Crippen molar-refractivity contribution in [2.24, 2.45) is 0 Å². The van der Waals surface area contributed by atoms with Crippen LogP contribution in [-0.4, -0.2) is 42.9 Å². The molecule has 0 saturated carbocycles. The van der Waals surface area contributed by atoms with Gasteiger partial charge in [0.05, 0.1) is 6.54 Å². The topological polar surface area (TPSA) is 23.6 Å². The highest BCUT2D eigenvalue weighted by Crippen LogP contribution is 2.30. The van der Waals surface area contributed by atoms with Crippen LogP contribution in [0.1, 0.15) is 43.9 Å². The van der Waals surface area contributed by atoms with E-state index in [0.29, 0.717) is 6.54 Å². The third-order valence-corrected chi connectivity index (χ3v) is 4.82. The summed E-state index contributed by atoms with van der Waals surface area (Å²) in [5.41, 5.74) is 4.46. The van der Waals surface area contributed by atoms with Crippen molar-refractivity contribution < 1.29 is 4.79 Å². The van der Waals surface area contributed by atoms with Crippen molar-refractivity contribution in [3.8, 4) is 0 Å². The van der Waals surface area contributed by atoms with Crippen molar-refractivity contribution >= 4 is 5.91 Å². The Morgan fingerprint density at radius 1 is 1.29 bits per heavy atom. The molecule has 1 aliphatic heterocycles. The number of rotatable bonds is 4. The highest BCUT2D eigenvalue weighted by Gasteiger charge is 2.23. The quantitative estimate of drug-likeness (QED) is 0.850. The molecular weight excluding hydrogens is 260 g/mol. The lowest BCUT2D eigenvalue weighted by Gasteiger charge is -2.31. The van der Waals surface area contributed by atoms with Gasteiger partial charge in [-0.05, 0) is 34.9 Å². The summed E-state index contributed by atoms with van der Waals surface area (Å²) in [6, 6.07) is 6.92. The van der Waals surface area contributed by atoms with Gasteiger partial charge in [-0.2, -0.15) is 0 Å². The Hall–Kier alpha value is -1.35. The largest absolute Gasteiger partial charge is 0.348 e. The molecule has 3 nitrogen and oxygen atoms in total. The molecule has 0 bridgehead atoms. The van der Waals surface area contributed by atoms with E-state index < -0.39 is 0 Å². The second-order valence-electron chi connectivity index (χ2n) is 6.97. The van der Waals surface area contributed by atoms with Crippen molar-refractivity contribution in [3.05, 3.63) is 34.9 Å². The van der Waals surface area contributed by atoms with Gasteiger partial charge in [-0.1, -0.05) is 39.0 Å². The maximum absolute atomic E-state index is 11.9. The average Bonchev–Trinajstić information content (AvgIpc) is 2.46. The van der Waals surface area contributed by atoms with Crippen molar-refractivity contribution in [3.63, 3.8) is 0 Å². The van der Waals surface area contributed by atoms with Crippen LogP contribution in [0.2, 0.25) is 0 Å². The standard InChI is InChI=1S/C18H28N2O/c1-6-18(2,3)16-8-7-14-9-10-20(12-15(14)11-16)13-17(21)19(4)5/h7-8,11H,6,9-10,12-13H2,1-5H3. The number of carbonyl (C=O) groups is 1. The Balaban J connectivity index is 2.15. The minimum atomic E-state index is 0.184. The van der Waals surface area contributed by atoms with Crippen LogP contribution in [-0.2, 0) is 23.2 Å². The maximum Gasteiger partial charge on any atom is 0.236 e. The second kappa shape index (κ2) is 6.18. The molecule has 3 heteroatoms. The second-order valence-corrected chi connectivity index (χ2v) is 6.97. The van der Waals surface area contributed by atoms with Gasteiger partial charge in [0.2, 0.25) is 5.91 Å². The Kier molecular flexibility index (Phi) is 4.72. The Morgan fingerprint density at radius 2 is 2.00 bits per heavy atom. The maximum atomic E-state index is 11.9.